The summed E-state index contributed by atoms with van der Waals surface area (Å²) in [6.07, 6.45) is 30.9. The average Bonchev–Trinajstić information content (AvgIpc) is 4.32. The van der Waals surface area contributed by atoms with Gasteiger partial charge in [-0.2, -0.15) is 12.1 Å². The Morgan fingerprint density at radius 3 is 1.13 bits per heavy atom. The molecule has 77 heavy (non-hydrogen) atoms. The van der Waals surface area contributed by atoms with Gasteiger partial charge in [-0.15, -0.1) is 69.1 Å². The molecular formula is C70H81Cl2F3SiZr-2. The molecule has 7 heteroatoms. The Hall–Kier alpha value is -2.43. The number of alkyl halides is 3. The van der Waals surface area contributed by atoms with E-state index in [-0.39, 0.29) is 24.8 Å². The van der Waals surface area contributed by atoms with Crippen LogP contribution >= 0.6 is 0 Å². The van der Waals surface area contributed by atoms with Crippen LogP contribution in [-0.2, 0) is 47.0 Å². The van der Waals surface area contributed by atoms with Crippen molar-refractivity contribution >= 4 is 27.0 Å². The molecule has 0 radical (unpaired) electrons. The van der Waals surface area contributed by atoms with E-state index in [9.17, 15) is 13.2 Å². The van der Waals surface area contributed by atoms with Gasteiger partial charge in [-0.1, -0.05) is 71.8 Å². The maximum absolute atomic E-state index is 11.4. The summed E-state index contributed by atoms with van der Waals surface area (Å²) < 4.78 is 34.3. The van der Waals surface area contributed by atoms with Crippen molar-refractivity contribution in [1.82, 2.24) is 0 Å². The maximum Gasteiger partial charge on any atom is -0.00391 e. The van der Waals surface area contributed by atoms with Gasteiger partial charge in [0.1, 0.15) is 0 Å². The summed E-state index contributed by atoms with van der Waals surface area (Å²) in [5.74, 6) is 8.17. The summed E-state index contributed by atoms with van der Waals surface area (Å²) >= 11 is 1.29. The fourth-order valence-corrected chi connectivity index (χ4v) is 22.1. The van der Waals surface area contributed by atoms with Crippen LogP contribution in [-0.4, -0.2) is 11.6 Å². The molecule has 12 saturated carbocycles. The van der Waals surface area contributed by atoms with Crippen LogP contribution in [0.1, 0.15) is 170 Å². The minimum Gasteiger partial charge on any atom is -1.00 e. The summed E-state index contributed by atoms with van der Waals surface area (Å²) in [5.41, 5.74) is 13.8. The molecule has 0 spiro atoms. The molecule has 6 aromatic rings. The summed E-state index contributed by atoms with van der Waals surface area (Å²) in [6, 6.07) is 44.2. The van der Waals surface area contributed by atoms with E-state index in [2.05, 4.69) is 109 Å². The molecule has 12 aliphatic rings. The summed E-state index contributed by atoms with van der Waals surface area (Å²) in [4.78, 5) is 0. The Balaban J connectivity index is 0.000000131. The monoisotopic (exact) mass is 1170 g/mol. The fraction of sp³-hybridized carbons (Fsp3) is 0.571. The van der Waals surface area contributed by atoms with E-state index in [1.807, 2.05) is 6.55 Å². The molecule has 0 amide bonds. The van der Waals surface area contributed by atoms with Gasteiger partial charge >= 0.3 is 67.1 Å². The summed E-state index contributed by atoms with van der Waals surface area (Å²) in [6.45, 7) is 1.93. The van der Waals surface area contributed by atoms with Gasteiger partial charge in [0.25, 0.3) is 0 Å². The molecule has 0 saturated heterocycles. The van der Waals surface area contributed by atoms with Crippen LogP contribution in [0.15, 0.2) is 109 Å². The van der Waals surface area contributed by atoms with Gasteiger partial charge in [-0.25, -0.2) is 0 Å². The van der Waals surface area contributed by atoms with Gasteiger partial charge in [0.15, 0.2) is 0 Å². The van der Waals surface area contributed by atoms with Crippen molar-refractivity contribution in [2.75, 3.05) is 0 Å². The minimum atomic E-state index is -3.93. The van der Waals surface area contributed by atoms with Gasteiger partial charge in [0, 0.05) is 0 Å². The van der Waals surface area contributed by atoms with E-state index >= 15 is 0 Å². The van der Waals surface area contributed by atoms with E-state index in [4.69, 9.17) is 0 Å². The fourth-order valence-electron chi connectivity index (χ4n) is 20.6. The molecule has 0 aliphatic heterocycles. The molecule has 406 valence electrons. The Bertz CT molecular complexity index is 2800. The predicted molar refractivity (Wildman–Crippen MR) is 302 cm³/mol. The molecule has 0 unspecified atom stereocenters. The standard InChI is InChI=1S/2C33H37.C4H7F3Si.2ClH.Zr/c2*1-2-28-15-26(18-32-10-8-22(17-32)9-11-32)16-31(28)30(3-1)27-4-6-29(7-5-27)33-19-23-12-24(20-33)14-25(13-23)21-33;1-8-3-2-4(5,6)7;;;/h2*1-7,15-16,22-25H,8-14,17-21H2;2-3H2,1H3;2*1H;/q2*-1;;;;+2/p-2. The first-order valence-electron chi connectivity index (χ1n) is 30.4. The molecule has 0 heterocycles. The molecule has 0 nitrogen and oxygen atoms in total. The van der Waals surface area contributed by atoms with Crippen LogP contribution in [0, 0.1) is 58.2 Å². The van der Waals surface area contributed by atoms with E-state index in [0.29, 0.717) is 27.7 Å². The third kappa shape index (κ3) is 10.9. The average molecular weight is 1170 g/mol. The van der Waals surface area contributed by atoms with Crippen LogP contribution in [0.25, 0.3) is 43.8 Å². The van der Waals surface area contributed by atoms with Crippen molar-refractivity contribution in [3.05, 3.63) is 131 Å². The number of benzene rings is 4. The normalized spacial score (nSPS) is 34.4. The van der Waals surface area contributed by atoms with Gasteiger partial charge in [0.2, 0.25) is 0 Å². The number of fused-ring (bicyclic) bond motifs is 6. The molecule has 18 rings (SSSR count). The molecule has 12 bridgehead atoms. The van der Waals surface area contributed by atoms with Crippen molar-refractivity contribution < 1.29 is 61.3 Å². The number of hydrogen-bond donors (Lipinski definition) is 0. The van der Waals surface area contributed by atoms with E-state index in [1.54, 1.807) is 22.3 Å². The quantitative estimate of drug-likeness (QED) is 0.0947. The summed E-state index contributed by atoms with van der Waals surface area (Å²) in [7, 11) is 0. The number of halogens is 5. The van der Waals surface area contributed by atoms with E-state index in [0.717, 1.165) is 47.3 Å². The van der Waals surface area contributed by atoms with Crippen LogP contribution < -0.4 is 24.8 Å². The first kappa shape index (κ1) is 55.1. The number of rotatable bonds is 10. The second kappa shape index (κ2) is 21.4. The molecule has 12 aliphatic carbocycles. The van der Waals surface area contributed by atoms with Crippen molar-refractivity contribution in [1.29, 1.82) is 0 Å². The van der Waals surface area contributed by atoms with Crippen LogP contribution in [0.2, 0.25) is 12.6 Å². The van der Waals surface area contributed by atoms with Crippen molar-refractivity contribution in [3.63, 3.8) is 0 Å². The Morgan fingerprint density at radius 1 is 0.494 bits per heavy atom. The smallest absolute Gasteiger partial charge is 0.00391 e. The van der Waals surface area contributed by atoms with Gasteiger partial charge in [-0.05, 0) is 245 Å². The summed E-state index contributed by atoms with van der Waals surface area (Å²) in [5, 5.41) is 5.83. The molecule has 0 aromatic heterocycles. The SMILES string of the molecule is C[Si](=[Zr+2])CCC(F)(F)F.[Cl-].[Cl-].c1cc(-c2ccc(C34CC5CC(CC(C5)C3)C4)cc2)c2cc(CC34CCC(CC3)C4)[cH-]c2c1.c1cc(-c2ccc(C34CC5CC(CC(C5)C3)C4)cc2)c2cc(CC34CCC(CC3)C4)[cH-]c2c1. The molecular weight excluding hydrogens is 1090 g/mol. The van der Waals surface area contributed by atoms with Crippen LogP contribution in [0.3, 0.4) is 0 Å². The topological polar surface area (TPSA) is 0 Å². The zero-order valence-electron chi connectivity index (χ0n) is 45.8. The second-order valence-corrected chi connectivity index (χ2v) is 36.8. The first-order valence-corrected chi connectivity index (χ1v) is 36.3. The molecule has 0 N–H and O–H groups in total. The second-order valence-electron chi connectivity index (χ2n) is 28.4. The Labute approximate surface area is 486 Å². The largest absolute Gasteiger partial charge is 1.00 e. The van der Waals surface area contributed by atoms with E-state index < -0.39 is 18.0 Å². The van der Waals surface area contributed by atoms with Crippen molar-refractivity contribution in [3.8, 4) is 22.3 Å². The molecule has 0 atom stereocenters. The zero-order chi connectivity index (χ0) is 50.7. The third-order valence-corrected chi connectivity index (χ3v) is 25.9. The van der Waals surface area contributed by atoms with Crippen molar-refractivity contribution in [2.24, 2.45) is 58.2 Å². The van der Waals surface area contributed by atoms with Crippen LogP contribution in [0.5, 0.6) is 0 Å². The van der Waals surface area contributed by atoms with Crippen molar-refractivity contribution in [2.45, 2.75) is 190 Å². The zero-order valence-corrected chi connectivity index (χ0v) is 50.8. The maximum atomic E-state index is 11.4. The Kier molecular flexibility index (Phi) is 15.3. The molecule has 12 fully saturated rings. The Morgan fingerprint density at radius 2 is 0.844 bits per heavy atom. The minimum absolute atomic E-state index is 0. The van der Waals surface area contributed by atoms with Gasteiger partial charge in [-0.3, -0.25) is 0 Å². The predicted octanol–water partition coefficient (Wildman–Crippen LogP) is 13.7. The van der Waals surface area contributed by atoms with Gasteiger partial charge < -0.3 is 24.8 Å². The third-order valence-electron chi connectivity index (χ3n) is 23.0. The van der Waals surface area contributed by atoms with Crippen LogP contribution in [0.4, 0.5) is 13.2 Å². The first-order chi connectivity index (χ1) is 36.2. The van der Waals surface area contributed by atoms with E-state index in [1.165, 1.54) is 221 Å². The van der Waals surface area contributed by atoms with Gasteiger partial charge in [0.05, 0.1) is 0 Å². The number of hydrogen-bond acceptors (Lipinski definition) is 0. The molecule has 6 aromatic carbocycles.